The van der Waals surface area contributed by atoms with Gasteiger partial charge in [-0.1, -0.05) is 50.2 Å². The van der Waals surface area contributed by atoms with E-state index in [9.17, 15) is 28.2 Å². The molecular formula is C35H42N3O10S2-. The Morgan fingerprint density at radius 2 is 1.86 bits per heavy atom. The summed E-state index contributed by atoms with van der Waals surface area (Å²) in [7, 11) is -4.29. The van der Waals surface area contributed by atoms with Gasteiger partial charge in [-0.15, -0.1) is 11.3 Å². The molecule has 3 aliphatic heterocycles. The smallest absolute Gasteiger partial charge is 0.261 e. The van der Waals surface area contributed by atoms with E-state index in [0.717, 1.165) is 10.5 Å². The van der Waals surface area contributed by atoms with Crippen LogP contribution in [0.2, 0.25) is 0 Å². The number of thiophene rings is 1. The lowest BCUT2D eigenvalue weighted by Crippen LogP contribution is -2.61. The summed E-state index contributed by atoms with van der Waals surface area (Å²) in [6.45, 7) is 4.00. The number of nitrogens with one attached hydrogen (secondary N) is 1. The molecule has 2 aromatic carbocycles. The van der Waals surface area contributed by atoms with Crippen molar-refractivity contribution in [3.63, 3.8) is 0 Å². The highest BCUT2D eigenvalue weighted by Crippen LogP contribution is 2.38. The molecule has 2 fully saturated rings. The van der Waals surface area contributed by atoms with Crippen LogP contribution in [0.1, 0.15) is 41.9 Å². The van der Waals surface area contributed by atoms with Gasteiger partial charge in [0.25, 0.3) is 5.91 Å². The summed E-state index contributed by atoms with van der Waals surface area (Å²) in [6.07, 6.45) is -2.43. The first-order valence-corrected chi connectivity index (χ1v) is 18.9. The van der Waals surface area contributed by atoms with Crippen LogP contribution in [0.25, 0.3) is 0 Å². The van der Waals surface area contributed by atoms with E-state index < -0.39 is 52.6 Å². The van der Waals surface area contributed by atoms with E-state index in [1.807, 2.05) is 49.6 Å². The van der Waals surface area contributed by atoms with E-state index in [2.05, 4.69) is 5.32 Å². The minimum Gasteiger partial charge on any atom is -0.530 e. The number of benzene rings is 2. The van der Waals surface area contributed by atoms with E-state index in [-0.39, 0.29) is 55.4 Å². The van der Waals surface area contributed by atoms with Crippen molar-refractivity contribution in [2.75, 3.05) is 39.6 Å². The van der Waals surface area contributed by atoms with Crippen LogP contribution in [0.3, 0.4) is 0 Å². The van der Waals surface area contributed by atoms with Crippen LogP contribution in [0.4, 0.5) is 4.79 Å². The number of hydrogen-bond donors (Lipinski definition) is 2. The Morgan fingerprint density at radius 3 is 2.60 bits per heavy atom. The van der Waals surface area contributed by atoms with Gasteiger partial charge in [0.2, 0.25) is 16.8 Å². The molecule has 0 spiro atoms. The van der Waals surface area contributed by atoms with Gasteiger partial charge in [-0.25, -0.2) is 8.42 Å². The van der Waals surface area contributed by atoms with Crippen molar-refractivity contribution in [2.24, 2.45) is 11.3 Å². The lowest BCUT2D eigenvalue weighted by molar-refractivity contribution is -0.273. The van der Waals surface area contributed by atoms with Crippen LogP contribution < -0.4 is 19.9 Å². The summed E-state index contributed by atoms with van der Waals surface area (Å²) in [5.74, 6) is 0.225. The van der Waals surface area contributed by atoms with Crippen molar-refractivity contribution in [3.8, 4) is 11.5 Å². The maximum Gasteiger partial charge on any atom is 0.261 e. The molecule has 0 aliphatic carbocycles. The lowest BCUT2D eigenvalue weighted by atomic mass is 9.89. The molecule has 50 heavy (non-hydrogen) atoms. The predicted molar refractivity (Wildman–Crippen MR) is 181 cm³/mol. The fourth-order valence-corrected chi connectivity index (χ4v) is 9.15. The Hall–Kier alpha value is -3.73. The van der Waals surface area contributed by atoms with Gasteiger partial charge in [0.1, 0.15) is 6.09 Å². The summed E-state index contributed by atoms with van der Waals surface area (Å²) in [6, 6.07) is 15.2. The Balaban J connectivity index is 1.29. The second kappa shape index (κ2) is 15.3. The molecule has 2 saturated heterocycles. The molecule has 0 saturated carbocycles. The van der Waals surface area contributed by atoms with Gasteiger partial charge in [0.15, 0.2) is 17.8 Å². The zero-order chi connectivity index (χ0) is 35.5. The van der Waals surface area contributed by atoms with E-state index in [4.69, 9.17) is 18.9 Å². The largest absolute Gasteiger partial charge is 0.530 e. The highest BCUT2D eigenvalue weighted by atomic mass is 32.2. The van der Waals surface area contributed by atoms with Crippen LogP contribution >= 0.6 is 11.3 Å². The quantitative estimate of drug-likeness (QED) is 0.238. The monoisotopic (exact) mass is 728 g/mol. The first-order chi connectivity index (χ1) is 23.9. The molecule has 0 unspecified atom stereocenters. The fraction of sp³-hybridized carbons (Fsp3) is 0.486. The molecule has 1 aromatic heterocycles. The van der Waals surface area contributed by atoms with Crippen LogP contribution in [-0.4, -0.2) is 98.8 Å². The molecule has 2 amide bonds. The number of rotatable bonds is 15. The Kier molecular flexibility index (Phi) is 11.0. The summed E-state index contributed by atoms with van der Waals surface area (Å²) < 4.78 is 52.4. The number of ether oxygens (including phenoxy) is 4. The molecule has 3 aliphatic rings. The first-order valence-electron chi connectivity index (χ1n) is 16.6. The molecule has 3 aromatic rings. The van der Waals surface area contributed by atoms with Gasteiger partial charge in [-0.05, 0) is 53.8 Å². The zero-order valence-corrected chi connectivity index (χ0v) is 29.6. The highest BCUT2D eigenvalue weighted by molar-refractivity contribution is 7.89. The van der Waals surface area contributed by atoms with Crippen molar-refractivity contribution in [2.45, 2.75) is 62.5 Å². The third-order valence-corrected chi connectivity index (χ3v) is 12.2. The van der Waals surface area contributed by atoms with Gasteiger partial charge in [0.05, 0.1) is 41.2 Å². The molecule has 5 atom stereocenters. The normalized spacial score (nSPS) is 21.2. The summed E-state index contributed by atoms with van der Waals surface area (Å²) in [5, 5.41) is 29.7. The van der Waals surface area contributed by atoms with Gasteiger partial charge < -0.3 is 44.2 Å². The average Bonchev–Trinajstić information content (AvgIpc) is 3.90. The Morgan fingerprint density at radius 1 is 1.08 bits per heavy atom. The van der Waals surface area contributed by atoms with Crippen LogP contribution in [-0.2, 0) is 25.9 Å². The average molecular weight is 729 g/mol. The highest BCUT2D eigenvalue weighted by Gasteiger charge is 2.47. The number of carboxylic acid groups (broad SMARTS) is 1. The molecular weight excluding hydrogens is 687 g/mol. The molecule has 4 heterocycles. The van der Waals surface area contributed by atoms with E-state index in [1.54, 1.807) is 12.1 Å². The SMILES string of the molecule is CC(C)(CCNC(=O)c1cccs1)CN(C[C@@H](O)[C@H](Cc1ccccc1)N(C(=O)[O-])[C@H]1CO[C@H]2OCC[C@H]21)S(=O)(=O)c1ccc2c(c1)OCO2. The Labute approximate surface area is 295 Å². The van der Waals surface area contributed by atoms with Crippen molar-refractivity contribution in [3.05, 3.63) is 76.5 Å². The van der Waals surface area contributed by atoms with Gasteiger partial charge in [-0.2, -0.15) is 4.31 Å². The number of amides is 2. The number of fused-ring (bicyclic) bond motifs is 2. The third-order valence-electron chi connectivity index (χ3n) is 9.47. The predicted octanol–water partition coefficient (Wildman–Crippen LogP) is 2.69. The third kappa shape index (κ3) is 8.08. The summed E-state index contributed by atoms with van der Waals surface area (Å²) in [5.41, 5.74) is 0.0654. The molecule has 6 rings (SSSR count). The van der Waals surface area contributed by atoms with Gasteiger partial charge in [-0.3, -0.25) is 4.79 Å². The van der Waals surface area contributed by atoms with E-state index >= 15 is 0 Å². The number of hydrogen-bond acceptors (Lipinski definition) is 11. The molecule has 0 radical (unpaired) electrons. The molecule has 270 valence electrons. The number of aliphatic hydroxyl groups is 1. The second-order valence-electron chi connectivity index (χ2n) is 13.6. The number of carbonyl (C=O) groups excluding carboxylic acids is 2. The van der Waals surface area contributed by atoms with Crippen molar-refractivity contribution in [1.29, 1.82) is 0 Å². The number of aliphatic hydroxyl groups excluding tert-OH is 1. The minimum absolute atomic E-state index is 0.0382. The fourth-order valence-electron chi connectivity index (χ4n) is 6.85. The van der Waals surface area contributed by atoms with Gasteiger partial charge >= 0.3 is 0 Å². The van der Waals surface area contributed by atoms with E-state index in [0.29, 0.717) is 30.1 Å². The van der Waals surface area contributed by atoms with E-state index in [1.165, 1.54) is 33.8 Å². The molecule has 15 heteroatoms. The van der Waals surface area contributed by atoms with Crippen LogP contribution in [0.5, 0.6) is 11.5 Å². The second-order valence-corrected chi connectivity index (χ2v) is 16.4. The number of carbonyl (C=O) groups is 2. The maximum atomic E-state index is 14.4. The molecule has 0 bridgehead atoms. The number of sulfonamides is 1. The minimum atomic E-state index is -4.29. The van der Waals surface area contributed by atoms with Crippen LogP contribution in [0.15, 0.2) is 70.9 Å². The number of nitrogens with zero attached hydrogens (tertiary/aromatic N) is 2. The molecule has 2 N–H and O–H groups in total. The summed E-state index contributed by atoms with van der Waals surface area (Å²) >= 11 is 1.33. The standard InChI is InChI=1S/C35H43N3O10S2/c1-35(2,13-14-36-32(40)31-9-6-16-49-31)21-37(50(43,44)24-10-11-29-30(18-24)48-22-47-29)19-28(39)26(17-23-7-4-3-5-8-23)38(34(41)42)27-20-46-33-25(27)12-15-45-33/h3-11,16,18,25-28,33,39H,12-15,17,19-22H2,1-2H3,(H,36,40)(H,41,42)/p-1/t25-,26-,27-,28+,33+/m0/s1. The maximum absolute atomic E-state index is 14.4. The first kappa shape index (κ1) is 36.1. The molecule has 13 nitrogen and oxygen atoms in total. The van der Waals surface area contributed by atoms with Crippen molar-refractivity contribution < 1.29 is 47.2 Å². The van der Waals surface area contributed by atoms with Gasteiger partial charge in [0, 0.05) is 31.6 Å². The summed E-state index contributed by atoms with van der Waals surface area (Å²) in [4.78, 5) is 27.1. The van der Waals surface area contributed by atoms with Crippen molar-refractivity contribution >= 4 is 33.4 Å². The lowest BCUT2D eigenvalue weighted by Gasteiger charge is -2.43. The van der Waals surface area contributed by atoms with Crippen LogP contribution in [0, 0.1) is 11.3 Å². The topological polar surface area (TPSA) is 167 Å². The Bertz CT molecular complexity index is 1740. The van der Waals surface area contributed by atoms with Crippen molar-refractivity contribution in [1.82, 2.24) is 14.5 Å². The zero-order valence-electron chi connectivity index (χ0n) is 27.9.